The summed E-state index contributed by atoms with van der Waals surface area (Å²) in [5, 5.41) is 12.4. The minimum Gasteiger partial charge on any atom is -0.455 e. The van der Waals surface area contributed by atoms with Gasteiger partial charge in [-0.1, -0.05) is 6.42 Å². The molecule has 0 amide bonds. The molecular formula is C19H27N5O4S. The maximum atomic E-state index is 13.0. The van der Waals surface area contributed by atoms with Crippen molar-refractivity contribution in [2.75, 3.05) is 45.6 Å². The van der Waals surface area contributed by atoms with Crippen LogP contribution in [0.4, 0.5) is 5.88 Å². The maximum absolute atomic E-state index is 13.0. The van der Waals surface area contributed by atoms with Gasteiger partial charge in [-0.25, -0.2) is 8.42 Å². The summed E-state index contributed by atoms with van der Waals surface area (Å²) in [6, 6.07) is 3.43. The number of aryl methyl sites for hydroxylation is 1. The van der Waals surface area contributed by atoms with Crippen LogP contribution in [0.25, 0.3) is 11.7 Å². The predicted octanol–water partition coefficient (Wildman–Crippen LogP) is 2.65. The molecule has 0 bridgehead atoms. The van der Waals surface area contributed by atoms with Crippen molar-refractivity contribution < 1.29 is 17.3 Å². The van der Waals surface area contributed by atoms with E-state index in [2.05, 4.69) is 15.2 Å². The molecule has 29 heavy (non-hydrogen) atoms. The average Bonchev–Trinajstić information content (AvgIpc) is 3.29. The highest BCUT2D eigenvalue weighted by atomic mass is 32.2. The van der Waals surface area contributed by atoms with Gasteiger partial charge in [0.05, 0.1) is 0 Å². The molecule has 0 spiro atoms. The number of nitrogens with zero attached hydrogens (tertiary/aromatic N) is 4. The number of hydrogen-bond acceptors (Lipinski definition) is 8. The molecule has 0 aromatic carbocycles. The van der Waals surface area contributed by atoms with Crippen molar-refractivity contribution >= 4 is 15.9 Å². The highest BCUT2D eigenvalue weighted by Crippen LogP contribution is 2.32. The quantitative estimate of drug-likeness (QED) is 0.647. The standard InChI is InChI=1S/C19H27N5O4S/c1-14-17(29(25,26)24-10-5-4-6-11-24)12-16(27-14)19-22-15(13-20)18(28-19)21-8-7-9-23(2)3/h12,21H,4-11H2,1-3H3. The Kier molecular flexibility index (Phi) is 6.62. The maximum Gasteiger partial charge on any atom is 0.266 e. The molecule has 9 nitrogen and oxygen atoms in total. The van der Waals surface area contributed by atoms with Gasteiger partial charge in [-0.05, 0) is 46.8 Å². The lowest BCUT2D eigenvalue weighted by atomic mass is 10.2. The Labute approximate surface area is 171 Å². The molecule has 0 unspecified atom stereocenters. The molecule has 1 saturated heterocycles. The van der Waals surface area contributed by atoms with Crippen LogP contribution in [0.5, 0.6) is 0 Å². The molecule has 1 aliphatic rings. The fraction of sp³-hybridized carbons (Fsp3) is 0.579. The van der Waals surface area contributed by atoms with Crippen molar-refractivity contribution in [2.45, 2.75) is 37.5 Å². The van der Waals surface area contributed by atoms with Gasteiger partial charge < -0.3 is 19.1 Å². The van der Waals surface area contributed by atoms with E-state index in [1.54, 1.807) is 6.92 Å². The number of hydrogen-bond donors (Lipinski definition) is 1. The van der Waals surface area contributed by atoms with E-state index in [0.29, 0.717) is 19.6 Å². The van der Waals surface area contributed by atoms with Crippen LogP contribution in [0.15, 0.2) is 19.8 Å². The Morgan fingerprint density at radius 3 is 2.66 bits per heavy atom. The first-order chi connectivity index (χ1) is 13.8. The van der Waals surface area contributed by atoms with E-state index in [1.807, 2.05) is 20.2 Å². The predicted molar refractivity (Wildman–Crippen MR) is 108 cm³/mol. The van der Waals surface area contributed by atoms with Crippen LogP contribution < -0.4 is 5.32 Å². The third kappa shape index (κ3) is 4.80. The van der Waals surface area contributed by atoms with Crippen LogP contribution in [-0.2, 0) is 10.0 Å². The second-order valence-electron chi connectivity index (χ2n) is 7.39. The smallest absolute Gasteiger partial charge is 0.266 e. The van der Waals surface area contributed by atoms with Crippen molar-refractivity contribution in [3.8, 4) is 17.7 Å². The minimum atomic E-state index is -3.63. The van der Waals surface area contributed by atoms with Crippen molar-refractivity contribution in [1.29, 1.82) is 5.26 Å². The van der Waals surface area contributed by atoms with Crippen molar-refractivity contribution in [3.05, 3.63) is 17.5 Å². The Balaban J connectivity index is 1.81. The minimum absolute atomic E-state index is 0.0832. The summed E-state index contributed by atoms with van der Waals surface area (Å²) in [5.74, 6) is 0.814. The summed E-state index contributed by atoms with van der Waals surface area (Å²) in [6.07, 6.45) is 3.62. The number of aromatic nitrogens is 1. The van der Waals surface area contributed by atoms with Gasteiger partial charge in [0.15, 0.2) is 5.76 Å². The van der Waals surface area contributed by atoms with E-state index in [-0.39, 0.29) is 33.9 Å². The zero-order valence-corrected chi connectivity index (χ0v) is 17.9. The number of rotatable bonds is 8. The fourth-order valence-electron chi connectivity index (χ4n) is 3.29. The van der Waals surface area contributed by atoms with Crippen LogP contribution in [0, 0.1) is 18.3 Å². The second-order valence-corrected chi connectivity index (χ2v) is 9.29. The monoisotopic (exact) mass is 421 g/mol. The Hall–Kier alpha value is -2.35. The molecule has 3 rings (SSSR count). The summed E-state index contributed by atoms with van der Waals surface area (Å²) < 4.78 is 38.7. The van der Waals surface area contributed by atoms with E-state index >= 15 is 0 Å². The number of oxazole rings is 1. The van der Waals surface area contributed by atoms with Crippen molar-refractivity contribution in [3.63, 3.8) is 0 Å². The highest BCUT2D eigenvalue weighted by molar-refractivity contribution is 7.89. The third-order valence-corrected chi connectivity index (χ3v) is 6.82. The molecule has 158 valence electrons. The van der Waals surface area contributed by atoms with Gasteiger partial charge in [-0.2, -0.15) is 14.6 Å². The molecule has 3 heterocycles. The number of sulfonamides is 1. The van der Waals surface area contributed by atoms with Crippen LogP contribution in [0.1, 0.15) is 37.1 Å². The van der Waals surface area contributed by atoms with Crippen LogP contribution in [0.3, 0.4) is 0 Å². The van der Waals surface area contributed by atoms with Gasteiger partial charge in [0.25, 0.3) is 5.89 Å². The fourth-order valence-corrected chi connectivity index (χ4v) is 4.97. The molecule has 1 fully saturated rings. The number of piperidine rings is 1. The molecule has 0 aliphatic carbocycles. The lowest BCUT2D eigenvalue weighted by molar-refractivity contribution is 0.346. The Morgan fingerprint density at radius 2 is 2.00 bits per heavy atom. The molecule has 0 atom stereocenters. The lowest BCUT2D eigenvalue weighted by Gasteiger charge is -2.25. The van der Waals surface area contributed by atoms with Gasteiger partial charge in [-0.3, -0.25) is 0 Å². The van der Waals surface area contributed by atoms with Crippen molar-refractivity contribution in [2.24, 2.45) is 0 Å². The van der Waals surface area contributed by atoms with E-state index in [9.17, 15) is 13.7 Å². The molecular weight excluding hydrogens is 394 g/mol. The largest absolute Gasteiger partial charge is 0.455 e. The third-order valence-electron chi connectivity index (χ3n) is 4.82. The van der Waals surface area contributed by atoms with Gasteiger partial charge in [0, 0.05) is 25.7 Å². The van der Waals surface area contributed by atoms with Crippen LogP contribution in [-0.4, -0.2) is 62.9 Å². The van der Waals surface area contributed by atoms with Crippen LogP contribution >= 0.6 is 0 Å². The molecule has 1 N–H and O–H groups in total. The number of nitrogens with one attached hydrogen (secondary N) is 1. The summed E-state index contributed by atoms with van der Waals surface area (Å²) in [5.41, 5.74) is 0.111. The number of anilines is 1. The first-order valence-corrected chi connectivity index (χ1v) is 11.2. The Bertz CT molecular complexity index is 981. The summed E-state index contributed by atoms with van der Waals surface area (Å²) in [7, 11) is 0.347. The van der Waals surface area contributed by atoms with Crippen LogP contribution in [0.2, 0.25) is 0 Å². The van der Waals surface area contributed by atoms with E-state index < -0.39 is 10.0 Å². The zero-order chi connectivity index (χ0) is 21.0. The molecule has 0 radical (unpaired) electrons. The number of furan rings is 1. The van der Waals surface area contributed by atoms with E-state index in [0.717, 1.165) is 32.2 Å². The lowest BCUT2D eigenvalue weighted by Crippen LogP contribution is -2.35. The first kappa shape index (κ1) is 21.4. The van der Waals surface area contributed by atoms with E-state index in [1.165, 1.54) is 10.4 Å². The topological polar surface area (TPSA) is 116 Å². The SMILES string of the molecule is Cc1oc(-c2nc(C#N)c(NCCCN(C)C)o2)cc1S(=O)(=O)N1CCCCC1. The van der Waals surface area contributed by atoms with Gasteiger partial charge in [0.1, 0.15) is 16.7 Å². The highest BCUT2D eigenvalue weighted by Gasteiger charge is 2.31. The van der Waals surface area contributed by atoms with Gasteiger partial charge in [0.2, 0.25) is 21.6 Å². The summed E-state index contributed by atoms with van der Waals surface area (Å²) in [4.78, 5) is 6.34. The first-order valence-electron chi connectivity index (χ1n) is 9.73. The zero-order valence-electron chi connectivity index (χ0n) is 17.1. The van der Waals surface area contributed by atoms with Crippen molar-refractivity contribution in [1.82, 2.24) is 14.2 Å². The number of nitriles is 1. The second kappa shape index (κ2) is 8.98. The van der Waals surface area contributed by atoms with Gasteiger partial charge in [-0.15, -0.1) is 0 Å². The average molecular weight is 422 g/mol. The van der Waals surface area contributed by atoms with Gasteiger partial charge >= 0.3 is 0 Å². The molecule has 2 aromatic heterocycles. The molecule has 10 heteroatoms. The normalized spacial score (nSPS) is 15.6. The Morgan fingerprint density at radius 1 is 1.28 bits per heavy atom. The van der Waals surface area contributed by atoms with E-state index in [4.69, 9.17) is 8.83 Å². The summed E-state index contributed by atoms with van der Waals surface area (Å²) >= 11 is 0. The molecule has 1 aliphatic heterocycles. The molecule has 2 aromatic rings. The molecule has 0 saturated carbocycles. The summed E-state index contributed by atoms with van der Waals surface area (Å²) in [6.45, 7) is 4.15.